The van der Waals surface area contributed by atoms with Gasteiger partial charge >= 0.3 is 0 Å². The minimum atomic E-state index is -0.299. The van der Waals surface area contributed by atoms with E-state index in [1.54, 1.807) is 0 Å². The number of carbonyl (C=O) groups is 1. The fourth-order valence-corrected chi connectivity index (χ4v) is 6.08. The molecule has 1 amide bonds. The molecule has 2 aliphatic heterocycles. The molecule has 0 radical (unpaired) electrons. The Morgan fingerprint density at radius 1 is 1.00 bits per heavy atom. The average molecular weight is 443 g/mol. The number of rotatable bonds is 5. The summed E-state index contributed by atoms with van der Waals surface area (Å²) in [6.45, 7) is 6.80. The van der Waals surface area contributed by atoms with Crippen molar-refractivity contribution >= 4 is 5.91 Å². The molecule has 1 aromatic carbocycles. The molecule has 0 spiro atoms. The summed E-state index contributed by atoms with van der Waals surface area (Å²) in [6.07, 6.45) is 5.45. The zero-order valence-corrected chi connectivity index (χ0v) is 20.0. The number of carbonyl (C=O) groups excluding carboxylic acids is 1. The topological polar surface area (TPSA) is 59.0 Å². The fourth-order valence-electron chi connectivity index (χ4n) is 6.08. The van der Waals surface area contributed by atoms with E-state index in [4.69, 9.17) is 0 Å². The zero-order valence-electron chi connectivity index (χ0n) is 20.0. The largest absolute Gasteiger partial charge is 0.391 e. The number of aliphatic hydroxyl groups is 1. The molecule has 2 heterocycles. The van der Waals surface area contributed by atoms with E-state index < -0.39 is 0 Å². The first-order chi connectivity index (χ1) is 15.5. The molecular formula is C26H42N4O2. The first-order valence-corrected chi connectivity index (χ1v) is 12.6. The van der Waals surface area contributed by atoms with Crippen LogP contribution < -0.4 is 5.32 Å². The number of piperazine rings is 1. The number of benzene rings is 1. The lowest BCUT2D eigenvalue weighted by Gasteiger charge is -2.39. The monoisotopic (exact) mass is 442 g/mol. The molecule has 4 atom stereocenters. The summed E-state index contributed by atoms with van der Waals surface area (Å²) in [6, 6.07) is 10.9. The Kier molecular flexibility index (Phi) is 7.87. The molecule has 32 heavy (non-hydrogen) atoms. The number of amides is 1. The second-order valence-electron chi connectivity index (χ2n) is 10.5. The molecule has 1 saturated carbocycles. The molecule has 4 rings (SSSR count). The molecule has 1 aromatic rings. The van der Waals surface area contributed by atoms with Crippen LogP contribution in [0.2, 0.25) is 0 Å². The maximum absolute atomic E-state index is 13.1. The molecule has 6 nitrogen and oxygen atoms in total. The van der Waals surface area contributed by atoms with Crippen LogP contribution >= 0.6 is 0 Å². The number of nitrogens with zero attached hydrogens (tertiary/aromatic N) is 3. The number of likely N-dealkylation sites (N-methyl/N-ethyl adjacent to an activating group) is 1. The summed E-state index contributed by atoms with van der Waals surface area (Å²) >= 11 is 0. The van der Waals surface area contributed by atoms with Crippen molar-refractivity contribution < 1.29 is 9.90 Å². The van der Waals surface area contributed by atoms with Crippen molar-refractivity contribution in [2.75, 3.05) is 59.9 Å². The van der Waals surface area contributed by atoms with Gasteiger partial charge in [0.15, 0.2) is 0 Å². The lowest BCUT2D eigenvalue weighted by atomic mass is 9.74. The Morgan fingerprint density at radius 3 is 2.44 bits per heavy atom. The molecule has 0 bridgehead atoms. The van der Waals surface area contributed by atoms with Crippen molar-refractivity contribution in [3.05, 3.63) is 35.9 Å². The van der Waals surface area contributed by atoms with E-state index in [1.165, 1.54) is 5.56 Å². The Morgan fingerprint density at radius 2 is 1.72 bits per heavy atom. The molecule has 178 valence electrons. The second kappa shape index (κ2) is 10.6. The molecule has 2 saturated heterocycles. The van der Waals surface area contributed by atoms with Crippen molar-refractivity contribution in [3.8, 4) is 0 Å². The Hall–Kier alpha value is -1.47. The summed E-state index contributed by atoms with van der Waals surface area (Å²) < 4.78 is 0. The predicted octanol–water partition coefficient (Wildman–Crippen LogP) is 1.93. The summed E-state index contributed by atoms with van der Waals surface area (Å²) in [5, 5.41) is 14.5. The highest BCUT2D eigenvalue weighted by Gasteiger charge is 2.40. The summed E-state index contributed by atoms with van der Waals surface area (Å²) in [4.78, 5) is 20.2. The SMILES string of the molecule is CN1CCN([C@H]2CC[C@](CNC(=O)C3CCCN(C)C3)(c3ccccc3)CC[C@@H]2O)CC1. The van der Waals surface area contributed by atoms with E-state index in [2.05, 4.69) is 64.4 Å². The number of likely N-dealkylation sites (tertiary alicyclic amines) is 1. The summed E-state index contributed by atoms with van der Waals surface area (Å²) in [5.41, 5.74) is 1.19. The van der Waals surface area contributed by atoms with Gasteiger partial charge in [-0.25, -0.2) is 0 Å². The van der Waals surface area contributed by atoms with Crippen LogP contribution in [-0.2, 0) is 10.2 Å². The van der Waals surface area contributed by atoms with Gasteiger partial charge in [0.1, 0.15) is 0 Å². The van der Waals surface area contributed by atoms with Crippen LogP contribution in [0.3, 0.4) is 0 Å². The van der Waals surface area contributed by atoms with Crippen LogP contribution in [0.25, 0.3) is 0 Å². The normalized spacial score (nSPS) is 33.5. The lowest BCUT2D eigenvalue weighted by molar-refractivity contribution is -0.126. The maximum atomic E-state index is 13.1. The van der Waals surface area contributed by atoms with Crippen LogP contribution in [0.4, 0.5) is 0 Å². The highest BCUT2D eigenvalue weighted by atomic mass is 16.3. The molecular weight excluding hydrogens is 400 g/mol. The molecule has 1 aliphatic carbocycles. The van der Waals surface area contributed by atoms with Crippen LogP contribution in [0, 0.1) is 5.92 Å². The zero-order chi connectivity index (χ0) is 22.6. The Bertz CT molecular complexity index is 737. The van der Waals surface area contributed by atoms with Gasteiger partial charge in [-0.15, -0.1) is 0 Å². The highest BCUT2D eigenvalue weighted by molar-refractivity contribution is 5.79. The van der Waals surface area contributed by atoms with E-state index in [1.807, 2.05) is 0 Å². The van der Waals surface area contributed by atoms with Crippen molar-refractivity contribution in [1.82, 2.24) is 20.0 Å². The van der Waals surface area contributed by atoms with Crippen LogP contribution in [-0.4, -0.2) is 97.8 Å². The third kappa shape index (κ3) is 5.53. The first kappa shape index (κ1) is 23.7. The molecule has 3 fully saturated rings. The molecule has 2 N–H and O–H groups in total. The number of nitrogens with one attached hydrogen (secondary N) is 1. The van der Waals surface area contributed by atoms with Gasteiger partial charge in [-0.3, -0.25) is 9.69 Å². The second-order valence-corrected chi connectivity index (χ2v) is 10.5. The van der Waals surface area contributed by atoms with Crippen molar-refractivity contribution in [2.45, 2.75) is 56.1 Å². The standard InChI is InChI=1S/C26H42N4O2/c1-28-15-17-30(18-16-28)23-10-12-26(13-11-24(23)31,22-8-4-3-5-9-22)20-27-25(32)21-7-6-14-29(2)19-21/h3-5,8-9,21,23-24,31H,6-7,10-20H2,1-2H3,(H,27,32)/t21?,23-,24-,26-/m0/s1. The quantitative estimate of drug-likeness (QED) is 0.683. The van der Waals surface area contributed by atoms with Gasteiger partial charge in [0.05, 0.1) is 12.0 Å². The molecule has 0 aromatic heterocycles. The first-order valence-electron chi connectivity index (χ1n) is 12.6. The summed E-state index contributed by atoms with van der Waals surface area (Å²) in [5.74, 6) is 0.295. The van der Waals surface area contributed by atoms with Gasteiger partial charge in [0, 0.05) is 50.7 Å². The van der Waals surface area contributed by atoms with Gasteiger partial charge in [-0.05, 0) is 64.7 Å². The number of hydrogen-bond acceptors (Lipinski definition) is 5. The van der Waals surface area contributed by atoms with Crippen LogP contribution in [0.1, 0.15) is 44.1 Å². The lowest BCUT2D eigenvalue weighted by Crippen LogP contribution is -2.52. The average Bonchev–Trinajstić information content (AvgIpc) is 2.98. The van der Waals surface area contributed by atoms with Crippen molar-refractivity contribution in [1.29, 1.82) is 0 Å². The van der Waals surface area contributed by atoms with Gasteiger partial charge in [-0.1, -0.05) is 30.3 Å². The van der Waals surface area contributed by atoms with Gasteiger partial charge < -0.3 is 20.2 Å². The number of hydrogen-bond donors (Lipinski definition) is 2. The molecule has 1 unspecified atom stereocenters. The van der Waals surface area contributed by atoms with Crippen molar-refractivity contribution in [3.63, 3.8) is 0 Å². The van der Waals surface area contributed by atoms with E-state index in [-0.39, 0.29) is 29.4 Å². The fraction of sp³-hybridized carbons (Fsp3) is 0.731. The maximum Gasteiger partial charge on any atom is 0.224 e. The molecule has 6 heteroatoms. The minimum absolute atomic E-state index is 0.0935. The Balaban J connectivity index is 1.47. The van der Waals surface area contributed by atoms with E-state index in [0.29, 0.717) is 6.54 Å². The number of aliphatic hydroxyl groups excluding tert-OH is 1. The van der Waals surface area contributed by atoms with Gasteiger partial charge in [0.25, 0.3) is 0 Å². The molecule has 3 aliphatic rings. The van der Waals surface area contributed by atoms with E-state index in [0.717, 1.165) is 77.8 Å². The summed E-state index contributed by atoms with van der Waals surface area (Å²) in [7, 11) is 4.28. The van der Waals surface area contributed by atoms with Gasteiger partial charge in [-0.2, -0.15) is 0 Å². The third-order valence-electron chi connectivity index (χ3n) is 8.27. The van der Waals surface area contributed by atoms with Crippen LogP contribution in [0.5, 0.6) is 0 Å². The van der Waals surface area contributed by atoms with Crippen molar-refractivity contribution in [2.24, 2.45) is 5.92 Å². The smallest absolute Gasteiger partial charge is 0.224 e. The predicted molar refractivity (Wildman–Crippen MR) is 129 cm³/mol. The minimum Gasteiger partial charge on any atom is -0.391 e. The number of piperidine rings is 1. The van der Waals surface area contributed by atoms with Gasteiger partial charge in [0.2, 0.25) is 5.91 Å². The van der Waals surface area contributed by atoms with E-state index in [9.17, 15) is 9.90 Å². The Labute approximate surface area is 193 Å². The third-order valence-corrected chi connectivity index (χ3v) is 8.27. The van der Waals surface area contributed by atoms with E-state index >= 15 is 0 Å². The van der Waals surface area contributed by atoms with Crippen LogP contribution in [0.15, 0.2) is 30.3 Å². The highest BCUT2D eigenvalue weighted by Crippen LogP contribution is 2.39.